The van der Waals surface area contributed by atoms with Gasteiger partial charge in [-0.2, -0.15) is 0 Å². The van der Waals surface area contributed by atoms with E-state index < -0.39 is 5.54 Å². The van der Waals surface area contributed by atoms with Crippen molar-refractivity contribution < 1.29 is 9.53 Å². The maximum atomic E-state index is 11.6. The molecule has 0 radical (unpaired) electrons. The summed E-state index contributed by atoms with van der Waals surface area (Å²) in [5.41, 5.74) is 9.10. The second-order valence-electron chi connectivity index (χ2n) is 6.58. The number of nitrogens with two attached hydrogens (primary N) is 1. The first-order valence-electron chi connectivity index (χ1n) is 8.03. The van der Waals surface area contributed by atoms with Crippen LogP contribution in [0.3, 0.4) is 0 Å². The zero-order chi connectivity index (χ0) is 17.3. The number of pyridine rings is 1. The fraction of sp³-hybridized carbons (Fsp3) is 0.368. The van der Waals surface area contributed by atoms with E-state index >= 15 is 0 Å². The Balaban J connectivity index is 0.00000225. The van der Waals surface area contributed by atoms with E-state index in [4.69, 9.17) is 22.1 Å². The quantitative estimate of drug-likeness (QED) is 0.778. The predicted octanol–water partition coefficient (Wildman–Crippen LogP) is 4.44. The smallest absolute Gasteiger partial charge is 0.307 e. The first-order valence-corrected chi connectivity index (χ1v) is 8.41. The lowest BCUT2D eigenvalue weighted by Gasteiger charge is -2.26. The normalized spacial score (nSPS) is 15.8. The van der Waals surface area contributed by atoms with Gasteiger partial charge in [0.25, 0.3) is 0 Å². The zero-order valence-electron chi connectivity index (χ0n) is 14.3. The average molecular weight is 381 g/mol. The monoisotopic (exact) mass is 380 g/mol. The third kappa shape index (κ3) is 4.32. The van der Waals surface area contributed by atoms with E-state index in [0.717, 1.165) is 22.4 Å². The van der Waals surface area contributed by atoms with Crippen molar-refractivity contribution in [3.05, 3.63) is 52.8 Å². The number of halogens is 2. The van der Waals surface area contributed by atoms with E-state index in [2.05, 4.69) is 11.1 Å². The van der Waals surface area contributed by atoms with Crippen molar-refractivity contribution in [3.63, 3.8) is 0 Å². The van der Waals surface area contributed by atoms with Gasteiger partial charge in [-0.3, -0.25) is 9.78 Å². The molecule has 2 aromatic rings. The Morgan fingerprint density at radius 3 is 2.64 bits per heavy atom. The number of hydrogen-bond acceptors (Lipinski definition) is 4. The molecule has 0 unspecified atom stereocenters. The minimum atomic E-state index is -0.901. The van der Waals surface area contributed by atoms with Crippen LogP contribution in [0.25, 0.3) is 11.1 Å². The number of hydrogen-bond donors (Lipinski definition) is 1. The van der Waals surface area contributed by atoms with Gasteiger partial charge < -0.3 is 10.5 Å². The summed E-state index contributed by atoms with van der Waals surface area (Å²) in [6.45, 7) is 1.78. The SMILES string of the molecule is COC(=O)C[C@](C)(N)c1cccc(-c2ccc(C3CC3)nc2)c1Cl.Cl. The molecule has 0 aliphatic heterocycles. The Morgan fingerprint density at radius 1 is 1.36 bits per heavy atom. The van der Waals surface area contributed by atoms with Gasteiger partial charge >= 0.3 is 5.97 Å². The van der Waals surface area contributed by atoms with E-state index in [1.54, 1.807) is 6.92 Å². The fourth-order valence-corrected chi connectivity index (χ4v) is 3.30. The summed E-state index contributed by atoms with van der Waals surface area (Å²) >= 11 is 6.61. The van der Waals surface area contributed by atoms with Gasteiger partial charge in [0.1, 0.15) is 0 Å². The van der Waals surface area contributed by atoms with Crippen LogP contribution in [-0.2, 0) is 15.1 Å². The lowest BCUT2D eigenvalue weighted by Crippen LogP contribution is -2.36. The highest BCUT2D eigenvalue weighted by Gasteiger charge is 2.29. The highest BCUT2D eigenvalue weighted by atomic mass is 35.5. The Hall–Kier alpha value is -1.62. The molecule has 1 aliphatic rings. The van der Waals surface area contributed by atoms with Crippen LogP contribution in [0.5, 0.6) is 0 Å². The van der Waals surface area contributed by atoms with Crippen LogP contribution in [0, 0.1) is 0 Å². The van der Waals surface area contributed by atoms with Crippen LogP contribution in [0.4, 0.5) is 0 Å². The first kappa shape index (κ1) is 19.7. The van der Waals surface area contributed by atoms with Crippen molar-refractivity contribution in [1.82, 2.24) is 4.98 Å². The lowest BCUT2D eigenvalue weighted by atomic mass is 9.87. The van der Waals surface area contributed by atoms with Crippen LogP contribution >= 0.6 is 24.0 Å². The van der Waals surface area contributed by atoms with Crippen LogP contribution in [0.2, 0.25) is 5.02 Å². The summed E-state index contributed by atoms with van der Waals surface area (Å²) in [5, 5.41) is 0.548. The van der Waals surface area contributed by atoms with E-state index in [-0.39, 0.29) is 24.8 Å². The molecule has 1 saturated carbocycles. The second kappa shape index (κ2) is 7.73. The van der Waals surface area contributed by atoms with Gasteiger partial charge in [0.2, 0.25) is 0 Å². The minimum Gasteiger partial charge on any atom is -0.469 e. The van der Waals surface area contributed by atoms with Crippen LogP contribution < -0.4 is 5.73 Å². The molecule has 3 rings (SSSR count). The van der Waals surface area contributed by atoms with Crippen molar-refractivity contribution in [1.29, 1.82) is 0 Å². The Labute approximate surface area is 159 Å². The molecule has 0 spiro atoms. The van der Waals surface area contributed by atoms with Crippen molar-refractivity contribution in [2.75, 3.05) is 7.11 Å². The number of ether oxygens (including phenoxy) is 1. The molecule has 0 amide bonds. The molecule has 1 atom stereocenters. The van der Waals surface area contributed by atoms with Crippen molar-refractivity contribution in [2.24, 2.45) is 5.73 Å². The van der Waals surface area contributed by atoms with E-state index in [0.29, 0.717) is 10.9 Å². The van der Waals surface area contributed by atoms with Gasteiger partial charge in [-0.05, 0) is 31.4 Å². The number of nitrogens with zero attached hydrogens (tertiary/aromatic N) is 1. The summed E-state index contributed by atoms with van der Waals surface area (Å²) in [7, 11) is 1.35. The van der Waals surface area contributed by atoms with Crippen molar-refractivity contribution >= 4 is 30.0 Å². The predicted molar refractivity (Wildman–Crippen MR) is 102 cm³/mol. The van der Waals surface area contributed by atoms with Gasteiger partial charge in [-0.25, -0.2) is 0 Å². The first-order chi connectivity index (χ1) is 11.4. The van der Waals surface area contributed by atoms with Crippen LogP contribution in [0.1, 0.15) is 43.4 Å². The zero-order valence-corrected chi connectivity index (χ0v) is 15.9. The highest BCUT2D eigenvalue weighted by Crippen LogP contribution is 2.40. The Morgan fingerprint density at radius 2 is 2.08 bits per heavy atom. The van der Waals surface area contributed by atoms with Crippen molar-refractivity contribution in [3.8, 4) is 11.1 Å². The summed E-state index contributed by atoms with van der Waals surface area (Å²) in [5.74, 6) is 0.255. The molecule has 4 nitrogen and oxygen atoms in total. The fourth-order valence-electron chi connectivity index (χ4n) is 2.85. The molecule has 2 N–H and O–H groups in total. The van der Waals surface area contributed by atoms with Gasteiger partial charge in [0.15, 0.2) is 0 Å². The second-order valence-corrected chi connectivity index (χ2v) is 6.96. The minimum absolute atomic E-state index is 0. The highest BCUT2D eigenvalue weighted by molar-refractivity contribution is 6.34. The third-order valence-electron chi connectivity index (χ3n) is 4.45. The van der Waals surface area contributed by atoms with Crippen molar-refractivity contribution in [2.45, 2.75) is 37.6 Å². The molecule has 0 bridgehead atoms. The average Bonchev–Trinajstić information content (AvgIpc) is 3.39. The maximum Gasteiger partial charge on any atom is 0.307 e. The molecular weight excluding hydrogens is 359 g/mol. The number of benzene rings is 1. The summed E-state index contributed by atoms with van der Waals surface area (Å²) in [4.78, 5) is 16.2. The third-order valence-corrected chi connectivity index (χ3v) is 4.85. The Bertz CT molecular complexity index is 757. The molecule has 1 fully saturated rings. The molecule has 134 valence electrons. The van der Waals surface area contributed by atoms with Gasteiger partial charge in [0, 0.05) is 28.9 Å². The van der Waals surface area contributed by atoms with Gasteiger partial charge in [0.05, 0.1) is 24.1 Å². The standard InChI is InChI=1S/C19H21ClN2O2.ClH/c1-19(21,10-17(23)24-2)15-5-3-4-14(18(15)20)13-8-9-16(22-11-13)12-6-7-12;/h3-5,8-9,11-12H,6-7,10,21H2,1-2H3;1H/t19-;/m0./s1. The summed E-state index contributed by atoms with van der Waals surface area (Å²) < 4.78 is 4.73. The van der Waals surface area contributed by atoms with Crippen LogP contribution in [0.15, 0.2) is 36.5 Å². The molecule has 25 heavy (non-hydrogen) atoms. The number of methoxy groups -OCH3 is 1. The van der Waals surface area contributed by atoms with E-state index in [9.17, 15) is 4.79 Å². The molecule has 1 aliphatic carbocycles. The lowest BCUT2D eigenvalue weighted by molar-refractivity contribution is -0.141. The molecule has 0 saturated heterocycles. The van der Waals surface area contributed by atoms with Gasteiger partial charge in [-0.15, -0.1) is 12.4 Å². The molecular formula is C19H22Cl2N2O2. The van der Waals surface area contributed by atoms with E-state index in [1.807, 2.05) is 30.5 Å². The molecule has 1 heterocycles. The molecule has 1 aromatic carbocycles. The molecule has 6 heteroatoms. The number of carbonyl (C=O) groups excluding carboxylic acids is 1. The maximum absolute atomic E-state index is 11.6. The number of rotatable bonds is 5. The number of esters is 1. The van der Waals surface area contributed by atoms with Crippen LogP contribution in [-0.4, -0.2) is 18.1 Å². The Kier molecular flexibility index (Phi) is 6.09. The topological polar surface area (TPSA) is 65.2 Å². The summed E-state index contributed by atoms with van der Waals surface area (Å²) in [6.07, 6.45) is 4.36. The molecule has 1 aromatic heterocycles. The summed E-state index contributed by atoms with van der Waals surface area (Å²) in [6, 6.07) is 9.79. The largest absolute Gasteiger partial charge is 0.469 e. The van der Waals surface area contributed by atoms with E-state index in [1.165, 1.54) is 20.0 Å². The van der Waals surface area contributed by atoms with Gasteiger partial charge in [-0.1, -0.05) is 35.9 Å². The number of aromatic nitrogens is 1. The number of carbonyl (C=O) groups is 1.